The summed E-state index contributed by atoms with van der Waals surface area (Å²) in [5.41, 5.74) is 1.37. The molecule has 21 heavy (non-hydrogen) atoms. The van der Waals surface area contributed by atoms with Crippen molar-refractivity contribution in [1.29, 1.82) is 0 Å². The first-order chi connectivity index (χ1) is 10.2. The van der Waals surface area contributed by atoms with Gasteiger partial charge in [-0.15, -0.1) is 0 Å². The molecule has 2 aromatic rings. The van der Waals surface area contributed by atoms with Crippen molar-refractivity contribution < 1.29 is 0 Å². The molecule has 1 N–H and O–H groups in total. The lowest BCUT2D eigenvalue weighted by Crippen LogP contribution is -2.48. The lowest BCUT2D eigenvalue weighted by Gasteiger charge is -2.39. The second-order valence-corrected chi connectivity index (χ2v) is 6.84. The second kappa shape index (κ2) is 6.37. The molecule has 3 rings (SSSR count). The maximum Gasteiger partial charge on any atom is 0.0446 e. The standard InChI is InChI=1S/C18H23BrN2/c1-3-20-17-10-11-21(12-13(17)2)18-9-8-16(19)14-6-4-5-7-15(14)18/h4-9,13,17,20H,3,10-12H2,1-2H3. The Morgan fingerprint density at radius 2 is 1.95 bits per heavy atom. The van der Waals surface area contributed by atoms with E-state index in [0.29, 0.717) is 12.0 Å². The fourth-order valence-corrected chi connectivity index (χ4v) is 3.93. The summed E-state index contributed by atoms with van der Waals surface area (Å²) < 4.78 is 1.18. The Morgan fingerprint density at radius 3 is 2.67 bits per heavy atom. The van der Waals surface area contributed by atoms with Gasteiger partial charge in [-0.1, -0.05) is 54.0 Å². The SMILES string of the molecule is CCNC1CCN(c2ccc(Br)c3ccccc23)CC1C. The van der Waals surface area contributed by atoms with Gasteiger partial charge in [-0.25, -0.2) is 0 Å². The van der Waals surface area contributed by atoms with E-state index < -0.39 is 0 Å². The smallest absolute Gasteiger partial charge is 0.0446 e. The van der Waals surface area contributed by atoms with Crippen molar-refractivity contribution >= 4 is 32.4 Å². The number of benzene rings is 2. The van der Waals surface area contributed by atoms with Crippen LogP contribution in [0.5, 0.6) is 0 Å². The van der Waals surface area contributed by atoms with Gasteiger partial charge >= 0.3 is 0 Å². The molecular formula is C18H23BrN2. The number of rotatable bonds is 3. The maximum absolute atomic E-state index is 3.67. The molecule has 1 heterocycles. The first-order valence-electron chi connectivity index (χ1n) is 7.86. The predicted octanol–water partition coefficient (Wildman–Crippen LogP) is 4.43. The van der Waals surface area contributed by atoms with Gasteiger partial charge in [0, 0.05) is 34.7 Å². The van der Waals surface area contributed by atoms with Crippen LogP contribution in [0.2, 0.25) is 0 Å². The van der Waals surface area contributed by atoms with E-state index in [4.69, 9.17) is 0 Å². The fourth-order valence-electron chi connectivity index (χ4n) is 3.45. The molecule has 1 fully saturated rings. The highest BCUT2D eigenvalue weighted by atomic mass is 79.9. The molecular weight excluding hydrogens is 324 g/mol. The largest absolute Gasteiger partial charge is 0.371 e. The average Bonchev–Trinajstić information content (AvgIpc) is 2.50. The van der Waals surface area contributed by atoms with Crippen molar-refractivity contribution in [3.05, 3.63) is 40.9 Å². The van der Waals surface area contributed by atoms with Crippen LogP contribution in [0, 0.1) is 5.92 Å². The number of anilines is 1. The van der Waals surface area contributed by atoms with Gasteiger partial charge in [0.25, 0.3) is 0 Å². The minimum atomic E-state index is 0.660. The molecule has 1 aliphatic heterocycles. The van der Waals surface area contributed by atoms with Crippen LogP contribution in [-0.2, 0) is 0 Å². The van der Waals surface area contributed by atoms with Crippen LogP contribution in [0.25, 0.3) is 10.8 Å². The second-order valence-electron chi connectivity index (χ2n) is 5.99. The monoisotopic (exact) mass is 346 g/mol. The van der Waals surface area contributed by atoms with Crippen LogP contribution >= 0.6 is 15.9 Å². The summed E-state index contributed by atoms with van der Waals surface area (Å²) in [5, 5.41) is 6.27. The van der Waals surface area contributed by atoms with Crippen molar-refractivity contribution in [3.8, 4) is 0 Å². The van der Waals surface area contributed by atoms with Crippen LogP contribution in [-0.4, -0.2) is 25.7 Å². The zero-order valence-corrected chi connectivity index (χ0v) is 14.4. The Kier molecular flexibility index (Phi) is 4.51. The lowest BCUT2D eigenvalue weighted by atomic mass is 9.93. The molecule has 112 valence electrons. The van der Waals surface area contributed by atoms with Crippen LogP contribution in [0.1, 0.15) is 20.3 Å². The third kappa shape index (κ3) is 2.95. The summed E-state index contributed by atoms with van der Waals surface area (Å²) in [5.74, 6) is 0.682. The normalized spacial score (nSPS) is 22.7. The van der Waals surface area contributed by atoms with E-state index in [1.807, 2.05) is 0 Å². The summed E-state index contributed by atoms with van der Waals surface area (Å²) in [6.07, 6.45) is 1.22. The molecule has 1 saturated heterocycles. The minimum Gasteiger partial charge on any atom is -0.371 e. The molecule has 3 heteroatoms. The number of nitrogens with one attached hydrogen (secondary N) is 1. The number of halogens is 1. The van der Waals surface area contributed by atoms with Gasteiger partial charge in [-0.3, -0.25) is 0 Å². The zero-order valence-electron chi connectivity index (χ0n) is 12.8. The molecule has 2 nitrogen and oxygen atoms in total. The highest BCUT2D eigenvalue weighted by Crippen LogP contribution is 2.34. The third-order valence-corrected chi connectivity index (χ3v) is 5.25. The van der Waals surface area contributed by atoms with E-state index in [2.05, 4.69) is 76.4 Å². The molecule has 1 aliphatic rings. The van der Waals surface area contributed by atoms with Crippen molar-refractivity contribution in [2.45, 2.75) is 26.3 Å². The molecule has 0 amide bonds. The summed E-state index contributed by atoms with van der Waals surface area (Å²) in [7, 11) is 0. The van der Waals surface area contributed by atoms with Gasteiger partial charge in [0.2, 0.25) is 0 Å². The van der Waals surface area contributed by atoms with E-state index in [1.54, 1.807) is 0 Å². The topological polar surface area (TPSA) is 15.3 Å². The fraction of sp³-hybridized carbons (Fsp3) is 0.444. The van der Waals surface area contributed by atoms with Crippen LogP contribution < -0.4 is 10.2 Å². The van der Waals surface area contributed by atoms with E-state index >= 15 is 0 Å². The number of piperidine rings is 1. The van der Waals surface area contributed by atoms with E-state index in [9.17, 15) is 0 Å². The van der Waals surface area contributed by atoms with E-state index in [0.717, 1.165) is 19.6 Å². The highest BCUT2D eigenvalue weighted by molar-refractivity contribution is 9.10. The molecule has 2 atom stereocenters. The lowest BCUT2D eigenvalue weighted by molar-refractivity contribution is 0.327. The summed E-state index contributed by atoms with van der Waals surface area (Å²) in [6, 6.07) is 13.8. The predicted molar refractivity (Wildman–Crippen MR) is 95.1 cm³/mol. The molecule has 0 aromatic heterocycles. The van der Waals surface area contributed by atoms with E-state index in [-0.39, 0.29) is 0 Å². The third-order valence-electron chi connectivity index (χ3n) is 4.56. The quantitative estimate of drug-likeness (QED) is 0.884. The van der Waals surface area contributed by atoms with Gasteiger partial charge in [-0.05, 0) is 36.4 Å². The first-order valence-corrected chi connectivity index (χ1v) is 8.65. The minimum absolute atomic E-state index is 0.660. The maximum atomic E-state index is 3.67. The summed E-state index contributed by atoms with van der Waals surface area (Å²) >= 11 is 3.67. The molecule has 0 saturated carbocycles. The number of fused-ring (bicyclic) bond motifs is 1. The zero-order chi connectivity index (χ0) is 14.8. The van der Waals surface area contributed by atoms with Crippen LogP contribution in [0.3, 0.4) is 0 Å². The Labute approximate surface area is 135 Å². The van der Waals surface area contributed by atoms with Crippen molar-refractivity contribution in [2.24, 2.45) is 5.92 Å². The highest BCUT2D eigenvalue weighted by Gasteiger charge is 2.26. The van der Waals surface area contributed by atoms with Crippen LogP contribution in [0.15, 0.2) is 40.9 Å². The Bertz CT molecular complexity index is 626. The Hall–Kier alpha value is -1.06. The molecule has 0 bridgehead atoms. The Morgan fingerprint density at radius 1 is 1.19 bits per heavy atom. The van der Waals surface area contributed by atoms with E-state index in [1.165, 1.54) is 27.4 Å². The molecule has 0 spiro atoms. The molecule has 0 aliphatic carbocycles. The molecule has 0 radical (unpaired) electrons. The van der Waals surface area contributed by atoms with Gasteiger partial charge in [0.15, 0.2) is 0 Å². The van der Waals surface area contributed by atoms with Crippen LogP contribution in [0.4, 0.5) is 5.69 Å². The average molecular weight is 347 g/mol. The van der Waals surface area contributed by atoms with Crippen molar-refractivity contribution in [1.82, 2.24) is 5.32 Å². The Balaban J connectivity index is 1.90. The first kappa shape index (κ1) is 14.9. The number of hydrogen-bond donors (Lipinski definition) is 1. The van der Waals surface area contributed by atoms with Gasteiger partial charge < -0.3 is 10.2 Å². The summed E-state index contributed by atoms with van der Waals surface area (Å²) in [6.45, 7) is 7.88. The van der Waals surface area contributed by atoms with Gasteiger partial charge in [0.05, 0.1) is 0 Å². The van der Waals surface area contributed by atoms with Crippen molar-refractivity contribution in [2.75, 3.05) is 24.5 Å². The van der Waals surface area contributed by atoms with Gasteiger partial charge in [0.1, 0.15) is 0 Å². The molecule has 2 aromatic carbocycles. The number of nitrogens with zero attached hydrogens (tertiary/aromatic N) is 1. The molecule has 2 unspecified atom stereocenters. The van der Waals surface area contributed by atoms with Crippen molar-refractivity contribution in [3.63, 3.8) is 0 Å². The number of hydrogen-bond acceptors (Lipinski definition) is 2. The summed E-state index contributed by atoms with van der Waals surface area (Å²) in [4.78, 5) is 2.55. The van der Waals surface area contributed by atoms with Gasteiger partial charge in [-0.2, -0.15) is 0 Å².